The third-order valence-corrected chi connectivity index (χ3v) is 1.07. The average molecular weight is 127 g/mol. The van der Waals surface area contributed by atoms with Gasteiger partial charge >= 0.3 is 0 Å². The summed E-state index contributed by atoms with van der Waals surface area (Å²) in [6.45, 7) is 0. The topological polar surface area (TPSA) is 19.7 Å². The van der Waals surface area contributed by atoms with Crippen molar-refractivity contribution < 1.29 is 4.68 Å². The molecule has 0 aliphatic heterocycles. The number of nitrogens with zero attached hydrogens (tertiary/aromatic N) is 1. The zero-order valence-corrected chi connectivity index (χ0v) is 5.40. The van der Waals surface area contributed by atoms with E-state index in [0.717, 1.165) is 4.64 Å². The van der Waals surface area contributed by atoms with Crippen molar-refractivity contribution in [3.8, 4) is 0 Å². The van der Waals surface area contributed by atoms with Gasteiger partial charge in [0.1, 0.15) is 0 Å². The lowest BCUT2D eigenvalue weighted by atomic mass is 10.6. The van der Waals surface area contributed by atoms with Crippen LogP contribution in [-0.4, -0.2) is 5.10 Å². The Balaban J connectivity index is 3.28. The molecule has 0 atom stereocenters. The van der Waals surface area contributed by atoms with Crippen molar-refractivity contribution >= 4 is 12.2 Å². The summed E-state index contributed by atoms with van der Waals surface area (Å²) in [6, 6.07) is 3.74. The Morgan fingerprint density at radius 2 is 2.50 bits per heavy atom. The van der Waals surface area contributed by atoms with Crippen LogP contribution < -0.4 is 4.68 Å². The van der Waals surface area contributed by atoms with Crippen molar-refractivity contribution in [1.29, 1.82) is 0 Å². The Kier molecular flexibility index (Phi) is 1.39. The summed E-state index contributed by atoms with van der Waals surface area (Å²) < 4.78 is 2.57. The molecule has 1 rings (SSSR count). The highest BCUT2D eigenvalue weighted by Crippen LogP contribution is 1.75. The fourth-order valence-electron chi connectivity index (χ4n) is 0.508. The summed E-state index contributed by atoms with van der Waals surface area (Å²) in [7, 11) is 1.90. The molecular formula is C5H7N2S+. The Bertz CT molecular complexity index is 228. The molecule has 0 fully saturated rings. The number of aromatic amines is 1. The van der Waals surface area contributed by atoms with Crippen LogP contribution in [0.1, 0.15) is 0 Å². The standard InChI is InChI=1S/C5H6N2S/c1-7-4-2-3-5(8)6-7/h2-4H,1H3/p+1. The molecule has 0 saturated heterocycles. The Morgan fingerprint density at radius 1 is 1.75 bits per heavy atom. The van der Waals surface area contributed by atoms with E-state index in [1.165, 1.54) is 0 Å². The second-order valence-corrected chi connectivity index (χ2v) is 2.03. The number of hydrogen-bond donors (Lipinski definition) is 1. The van der Waals surface area contributed by atoms with Crippen LogP contribution in [0.3, 0.4) is 0 Å². The van der Waals surface area contributed by atoms with Gasteiger partial charge in [0, 0.05) is 6.07 Å². The largest absolute Gasteiger partial charge is 0.193 e. The quantitative estimate of drug-likeness (QED) is 0.399. The van der Waals surface area contributed by atoms with E-state index in [4.69, 9.17) is 12.2 Å². The first-order chi connectivity index (χ1) is 3.79. The monoisotopic (exact) mass is 127 g/mol. The van der Waals surface area contributed by atoms with Gasteiger partial charge in [-0.1, -0.05) is 12.2 Å². The van der Waals surface area contributed by atoms with Gasteiger partial charge in [0.25, 0.3) is 0 Å². The predicted molar refractivity (Wildman–Crippen MR) is 32.8 cm³/mol. The molecule has 0 unspecified atom stereocenters. The molecule has 0 aliphatic carbocycles. The predicted octanol–water partition coefficient (Wildman–Crippen LogP) is 0.569. The molecule has 0 amide bonds. The molecule has 8 heavy (non-hydrogen) atoms. The van der Waals surface area contributed by atoms with Crippen LogP contribution in [0.2, 0.25) is 0 Å². The Hall–Kier alpha value is -0.700. The molecule has 0 aliphatic rings. The van der Waals surface area contributed by atoms with Crippen molar-refractivity contribution in [3.63, 3.8) is 0 Å². The lowest BCUT2D eigenvalue weighted by Gasteiger charge is -1.81. The van der Waals surface area contributed by atoms with Gasteiger partial charge in [0.2, 0.25) is 0 Å². The second-order valence-electron chi connectivity index (χ2n) is 1.60. The maximum absolute atomic E-state index is 4.82. The smallest absolute Gasteiger partial charge is 0.155 e. The summed E-state index contributed by atoms with van der Waals surface area (Å²) >= 11 is 4.82. The number of rotatable bonds is 0. The molecule has 3 heteroatoms. The number of H-pyrrole nitrogens is 1. The zero-order valence-electron chi connectivity index (χ0n) is 4.59. The van der Waals surface area contributed by atoms with Crippen molar-refractivity contribution in [1.82, 2.24) is 5.10 Å². The fourth-order valence-corrected chi connectivity index (χ4v) is 0.730. The lowest BCUT2D eigenvalue weighted by Crippen LogP contribution is -2.31. The van der Waals surface area contributed by atoms with Crippen molar-refractivity contribution in [3.05, 3.63) is 23.0 Å². The molecule has 0 bridgehead atoms. The van der Waals surface area contributed by atoms with Gasteiger partial charge in [-0.05, 0) is 6.07 Å². The average Bonchev–Trinajstić information content (AvgIpc) is 1.64. The third kappa shape index (κ3) is 1.13. The summed E-state index contributed by atoms with van der Waals surface area (Å²) in [4.78, 5) is 0. The maximum Gasteiger partial charge on any atom is 0.193 e. The van der Waals surface area contributed by atoms with Gasteiger partial charge in [-0.15, -0.1) is 4.68 Å². The fraction of sp³-hybridized carbons (Fsp3) is 0.200. The molecule has 0 spiro atoms. The van der Waals surface area contributed by atoms with Crippen molar-refractivity contribution in [2.45, 2.75) is 0 Å². The molecule has 1 aromatic rings. The summed E-state index contributed by atoms with van der Waals surface area (Å²) in [5, 5.41) is 2.90. The van der Waals surface area contributed by atoms with Gasteiger partial charge in [0.15, 0.2) is 17.9 Å². The maximum atomic E-state index is 4.82. The first-order valence-corrected chi connectivity index (χ1v) is 2.75. The normalized spacial score (nSPS) is 9.12. The van der Waals surface area contributed by atoms with E-state index < -0.39 is 0 Å². The van der Waals surface area contributed by atoms with Crippen LogP contribution in [0.5, 0.6) is 0 Å². The van der Waals surface area contributed by atoms with Crippen molar-refractivity contribution in [2.75, 3.05) is 0 Å². The summed E-state index contributed by atoms with van der Waals surface area (Å²) in [5.74, 6) is 0. The highest BCUT2D eigenvalue weighted by molar-refractivity contribution is 7.71. The van der Waals surface area contributed by atoms with Crippen LogP contribution in [0, 0.1) is 4.64 Å². The minimum absolute atomic E-state index is 0.759. The molecule has 0 aromatic carbocycles. The van der Waals surface area contributed by atoms with Gasteiger partial charge in [0.05, 0.1) is 0 Å². The van der Waals surface area contributed by atoms with Gasteiger partial charge < -0.3 is 0 Å². The molecule has 1 heterocycles. The van der Waals surface area contributed by atoms with E-state index in [1.54, 1.807) is 0 Å². The number of aromatic nitrogens is 2. The van der Waals surface area contributed by atoms with Crippen molar-refractivity contribution in [2.24, 2.45) is 7.05 Å². The Morgan fingerprint density at radius 3 is 2.88 bits per heavy atom. The number of nitrogens with one attached hydrogen (secondary N) is 1. The first-order valence-electron chi connectivity index (χ1n) is 2.34. The number of hydrogen-bond acceptors (Lipinski definition) is 1. The third-order valence-electron chi connectivity index (χ3n) is 0.844. The molecule has 0 saturated carbocycles. The van der Waals surface area contributed by atoms with E-state index in [-0.39, 0.29) is 0 Å². The van der Waals surface area contributed by atoms with Crippen LogP contribution in [0.15, 0.2) is 18.3 Å². The summed E-state index contributed by atoms with van der Waals surface area (Å²) in [5.41, 5.74) is 0. The first kappa shape index (κ1) is 5.44. The van der Waals surface area contributed by atoms with E-state index in [2.05, 4.69) is 5.10 Å². The van der Waals surface area contributed by atoms with Gasteiger partial charge in [-0.3, -0.25) is 0 Å². The minimum Gasteiger partial charge on any atom is -0.155 e. The van der Waals surface area contributed by atoms with Crippen LogP contribution in [-0.2, 0) is 7.05 Å². The lowest BCUT2D eigenvalue weighted by molar-refractivity contribution is -0.731. The highest BCUT2D eigenvalue weighted by Gasteiger charge is 1.82. The minimum atomic E-state index is 0.759. The van der Waals surface area contributed by atoms with E-state index in [1.807, 2.05) is 30.1 Å². The van der Waals surface area contributed by atoms with E-state index in [0.29, 0.717) is 0 Å². The molecule has 2 nitrogen and oxygen atoms in total. The summed E-state index contributed by atoms with van der Waals surface area (Å²) in [6.07, 6.45) is 1.90. The van der Waals surface area contributed by atoms with Crippen LogP contribution >= 0.6 is 12.2 Å². The molecular weight excluding hydrogens is 120 g/mol. The second kappa shape index (κ2) is 2.05. The molecule has 1 aromatic heterocycles. The molecule has 42 valence electrons. The van der Waals surface area contributed by atoms with Crippen LogP contribution in [0.4, 0.5) is 0 Å². The van der Waals surface area contributed by atoms with E-state index >= 15 is 0 Å². The van der Waals surface area contributed by atoms with Gasteiger partial charge in [-0.25, -0.2) is 0 Å². The Labute approximate surface area is 52.8 Å². The highest BCUT2D eigenvalue weighted by atomic mass is 32.1. The molecule has 1 N–H and O–H groups in total. The number of aryl methyl sites for hydroxylation is 1. The van der Waals surface area contributed by atoms with E-state index in [9.17, 15) is 0 Å². The molecule has 0 radical (unpaired) electrons. The van der Waals surface area contributed by atoms with Crippen LogP contribution in [0.25, 0.3) is 0 Å². The SMILES string of the molecule is C[n+]1cccc(=S)[nH]1. The van der Waals surface area contributed by atoms with Gasteiger partial charge in [-0.2, -0.15) is 5.10 Å². The zero-order chi connectivity index (χ0) is 5.98.